The number of carbonyl (C=O) groups excluding carboxylic acids is 1. The van der Waals surface area contributed by atoms with E-state index in [9.17, 15) is 39.6 Å². The van der Waals surface area contributed by atoms with Crippen LogP contribution in [0.4, 0.5) is 36.8 Å². The van der Waals surface area contributed by atoms with E-state index in [-0.39, 0.29) is 6.04 Å². The Morgan fingerprint density at radius 2 is 1.48 bits per heavy atom. The van der Waals surface area contributed by atoms with Crippen molar-refractivity contribution in [3.63, 3.8) is 0 Å². The summed E-state index contributed by atoms with van der Waals surface area (Å²) in [6.07, 6.45) is -6.77. The molecule has 0 spiro atoms. The molecule has 2 aliphatic rings. The summed E-state index contributed by atoms with van der Waals surface area (Å²) in [6, 6.07) is 15.5. The molecule has 54 heavy (non-hydrogen) atoms. The number of carboxylic acids is 2. The number of likely N-dealkylation sites (tertiary alicyclic amines) is 1. The Morgan fingerprint density at radius 1 is 0.963 bits per heavy atom. The van der Waals surface area contributed by atoms with Crippen molar-refractivity contribution in [3.05, 3.63) is 65.1 Å². The van der Waals surface area contributed by atoms with Crippen molar-refractivity contribution in [2.24, 2.45) is 11.8 Å². The van der Waals surface area contributed by atoms with Gasteiger partial charge in [-0.05, 0) is 60.9 Å². The molecule has 0 aliphatic carbocycles. The van der Waals surface area contributed by atoms with E-state index in [0.29, 0.717) is 41.5 Å². The molecule has 0 radical (unpaired) electrons. The fraction of sp³-hybridized carbons (Fsp3) is 0.438. The van der Waals surface area contributed by atoms with Crippen LogP contribution in [-0.2, 0) is 30.9 Å². The van der Waals surface area contributed by atoms with E-state index in [1.807, 2.05) is 24.3 Å². The van der Waals surface area contributed by atoms with Crippen molar-refractivity contribution < 1.29 is 64.1 Å². The highest BCUT2D eigenvalue weighted by Crippen LogP contribution is 2.43. The molecular formula is C32H36ClF6N5O8S2. The van der Waals surface area contributed by atoms with Crippen LogP contribution in [0.25, 0.3) is 11.3 Å². The van der Waals surface area contributed by atoms with Crippen LogP contribution >= 0.6 is 24.2 Å². The molecule has 2 saturated heterocycles. The molecule has 2 fully saturated rings. The quantitative estimate of drug-likeness (QED) is 0.127. The highest BCUT2D eigenvalue weighted by atomic mass is 35.5. The standard InChI is InChI=1S/C28H34ClN5O4S2.2C2HF3O2/c1-38-28(35)30-22-7-5-20(6-8-22)25-26(29)32-27(31-25)24-15-21(19-11-13-34(14-12-19)40(2,36)37)17-33(24)16-18-3-9-23(39)10-4-18;2*3-2(4,5)1(6)7/h3-10,19,21,24,39H,11-17H2,1-2H3,(H,30,35)(H,31,32);2*(H,6,7)/t21-,24-;;/m0../s1. The fourth-order valence-corrected chi connectivity index (χ4v) is 7.12. The number of anilines is 1. The number of aliphatic carboxylic acids is 2. The fourth-order valence-electron chi connectivity index (χ4n) is 5.85. The van der Waals surface area contributed by atoms with Gasteiger partial charge in [0.15, 0.2) is 0 Å². The van der Waals surface area contributed by atoms with Crippen LogP contribution in [0.5, 0.6) is 0 Å². The van der Waals surface area contributed by atoms with E-state index in [0.717, 1.165) is 48.6 Å². The van der Waals surface area contributed by atoms with Crippen LogP contribution in [0, 0.1) is 11.8 Å². The third kappa shape index (κ3) is 13.1. The lowest BCUT2D eigenvalue weighted by molar-refractivity contribution is -0.193. The molecule has 22 heteroatoms. The molecule has 2 aromatic carbocycles. The number of amides is 1. The number of benzene rings is 2. The van der Waals surface area contributed by atoms with Crippen LogP contribution in [0.1, 0.15) is 36.7 Å². The zero-order chi connectivity index (χ0) is 40.6. The number of ether oxygens (including phenoxy) is 1. The van der Waals surface area contributed by atoms with Gasteiger partial charge in [0, 0.05) is 42.3 Å². The summed E-state index contributed by atoms with van der Waals surface area (Å²) in [5.41, 5.74) is 3.30. The van der Waals surface area contributed by atoms with E-state index < -0.39 is 40.4 Å². The van der Waals surface area contributed by atoms with Crippen molar-refractivity contribution in [1.29, 1.82) is 0 Å². The van der Waals surface area contributed by atoms with Gasteiger partial charge in [0.25, 0.3) is 0 Å². The lowest BCUT2D eigenvalue weighted by atomic mass is 9.83. The van der Waals surface area contributed by atoms with Crippen LogP contribution in [-0.4, -0.2) is 101 Å². The number of sulfonamides is 1. The minimum atomic E-state index is -5.08. The van der Waals surface area contributed by atoms with Gasteiger partial charge in [0.2, 0.25) is 10.0 Å². The first-order valence-corrected chi connectivity index (χ1v) is 18.4. The first kappa shape index (κ1) is 44.3. The molecule has 2 aliphatic heterocycles. The second-order valence-electron chi connectivity index (χ2n) is 12.2. The largest absolute Gasteiger partial charge is 0.490 e. The van der Waals surface area contributed by atoms with Crippen molar-refractivity contribution in [1.82, 2.24) is 19.2 Å². The normalized spacial score (nSPS) is 18.5. The predicted molar refractivity (Wildman–Crippen MR) is 187 cm³/mol. The molecule has 0 bridgehead atoms. The number of H-pyrrole nitrogens is 1. The maximum absolute atomic E-state index is 12.0. The third-order valence-electron chi connectivity index (χ3n) is 8.46. The van der Waals surface area contributed by atoms with Crippen molar-refractivity contribution in [2.45, 2.75) is 49.1 Å². The Labute approximate surface area is 316 Å². The summed E-state index contributed by atoms with van der Waals surface area (Å²) in [7, 11) is -1.84. The zero-order valence-electron chi connectivity index (χ0n) is 28.5. The van der Waals surface area contributed by atoms with Gasteiger partial charge in [-0.2, -0.15) is 26.3 Å². The van der Waals surface area contributed by atoms with Gasteiger partial charge >= 0.3 is 30.4 Å². The second kappa shape index (κ2) is 18.5. The molecule has 0 unspecified atom stereocenters. The van der Waals surface area contributed by atoms with Crippen LogP contribution in [0.3, 0.4) is 0 Å². The maximum atomic E-state index is 12.0. The number of carboxylic acid groups (broad SMARTS) is 2. The number of imidazole rings is 1. The van der Waals surface area contributed by atoms with E-state index in [4.69, 9.17) is 36.4 Å². The number of carbonyl (C=O) groups is 3. The number of alkyl halides is 6. The first-order valence-electron chi connectivity index (χ1n) is 15.8. The van der Waals surface area contributed by atoms with E-state index >= 15 is 0 Å². The van der Waals surface area contributed by atoms with Gasteiger partial charge in [0.1, 0.15) is 16.7 Å². The SMILES string of the molecule is COC(=O)Nc1ccc(-c2nc([C@@H]3C[C@H](C4CCN(S(C)(=O)=O)CC4)CN3Cc3ccc(S)cc3)[nH]c2Cl)cc1.O=C(O)C(F)(F)F.O=C(O)C(F)(F)F. The van der Waals surface area contributed by atoms with Gasteiger partial charge in [0.05, 0.1) is 19.4 Å². The van der Waals surface area contributed by atoms with Crippen molar-refractivity contribution in [3.8, 4) is 11.3 Å². The van der Waals surface area contributed by atoms with Gasteiger partial charge in [-0.25, -0.2) is 32.1 Å². The Kier molecular flexibility index (Phi) is 15.2. The number of aromatic amines is 1. The minimum absolute atomic E-state index is 0.0418. The van der Waals surface area contributed by atoms with E-state index in [2.05, 4.69) is 44.7 Å². The Balaban J connectivity index is 0.000000476. The number of hydrogen-bond donors (Lipinski definition) is 5. The molecule has 13 nitrogen and oxygen atoms in total. The average Bonchev–Trinajstić information content (AvgIpc) is 3.68. The molecule has 298 valence electrons. The second-order valence-corrected chi connectivity index (χ2v) is 15.1. The highest BCUT2D eigenvalue weighted by Gasteiger charge is 2.41. The number of nitrogens with zero attached hydrogens (tertiary/aromatic N) is 3. The summed E-state index contributed by atoms with van der Waals surface area (Å²) in [4.78, 5) is 41.0. The monoisotopic (exact) mass is 831 g/mol. The number of thiol groups is 1. The molecule has 0 saturated carbocycles. The molecular weight excluding hydrogens is 796 g/mol. The molecule has 3 heterocycles. The first-order chi connectivity index (χ1) is 25.0. The van der Waals surface area contributed by atoms with E-state index in [1.165, 1.54) is 18.9 Å². The summed E-state index contributed by atoms with van der Waals surface area (Å²) < 4.78 is 93.8. The number of hydrogen-bond acceptors (Lipinski definition) is 9. The van der Waals surface area contributed by atoms with Gasteiger partial charge < -0.3 is 19.9 Å². The van der Waals surface area contributed by atoms with Gasteiger partial charge in [-0.15, -0.1) is 12.6 Å². The van der Waals surface area contributed by atoms with Crippen LogP contribution < -0.4 is 5.32 Å². The smallest absolute Gasteiger partial charge is 0.475 e. The van der Waals surface area contributed by atoms with Gasteiger partial charge in [-0.3, -0.25) is 10.2 Å². The summed E-state index contributed by atoms with van der Waals surface area (Å²) in [5, 5.41) is 17.4. The lowest BCUT2D eigenvalue weighted by Crippen LogP contribution is -2.39. The maximum Gasteiger partial charge on any atom is 0.490 e. The lowest BCUT2D eigenvalue weighted by Gasteiger charge is -2.33. The Bertz CT molecular complexity index is 1830. The topological polar surface area (TPSA) is 182 Å². The van der Waals surface area contributed by atoms with Crippen LogP contribution in [0.15, 0.2) is 53.4 Å². The van der Waals surface area contributed by atoms with Gasteiger partial charge in [-0.1, -0.05) is 35.9 Å². The minimum Gasteiger partial charge on any atom is -0.475 e. The number of piperidine rings is 1. The molecule has 3 aromatic rings. The number of rotatable bonds is 7. The molecule has 4 N–H and O–H groups in total. The molecule has 1 amide bonds. The summed E-state index contributed by atoms with van der Waals surface area (Å²) in [6.45, 7) is 2.81. The number of halogens is 7. The molecule has 2 atom stereocenters. The third-order valence-corrected chi connectivity index (χ3v) is 10.3. The van der Waals surface area contributed by atoms with Crippen molar-refractivity contribution in [2.75, 3.05) is 38.3 Å². The molecule has 5 rings (SSSR count). The van der Waals surface area contributed by atoms with E-state index in [1.54, 1.807) is 16.4 Å². The Morgan fingerprint density at radius 3 is 1.94 bits per heavy atom. The molecule has 1 aromatic heterocycles. The Hall–Kier alpha value is -4.05. The number of nitrogens with one attached hydrogen (secondary N) is 2. The highest BCUT2D eigenvalue weighted by molar-refractivity contribution is 7.88. The number of methoxy groups -OCH3 is 1. The van der Waals surface area contributed by atoms with Crippen molar-refractivity contribution >= 4 is 58.0 Å². The number of aromatic nitrogens is 2. The predicted octanol–water partition coefficient (Wildman–Crippen LogP) is 6.70. The average molecular weight is 832 g/mol. The zero-order valence-corrected chi connectivity index (χ0v) is 31.0. The summed E-state index contributed by atoms with van der Waals surface area (Å²) in [5.74, 6) is -3.82. The van der Waals surface area contributed by atoms with Crippen LogP contribution in [0.2, 0.25) is 5.15 Å². The summed E-state index contributed by atoms with van der Waals surface area (Å²) >= 11 is 11.1.